The summed E-state index contributed by atoms with van der Waals surface area (Å²) in [6.45, 7) is 6.65. The molecule has 104 valence electrons. The van der Waals surface area contributed by atoms with Crippen molar-refractivity contribution >= 4 is 21.6 Å². The summed E-state index contributed by atoms with van der Waals surface area (Å²) in [6, 6.07) is 0.526. The molecule has 19 heavy (non-hydrogen) atoms. The first-order valence-electron chi connectivity index (χ1n) is 6.57. The molecule has 1 atom stereocenters. The minimum absolute atomic E-state index is 0.112. The predicted molar refractivity (Wildman–Crippen MR) is 77.5 cm³/mol. The van der Waals surface area contributed by atoms with Gasteiger partial charge in [0.05, 0.1) is 11.9 Å². The van der Waals surface area contributed by atoms with Gasteiger partial charge in [0.2, 0.25) is 0 Å². The quantitative estimate of drug-likeness (QED) is 0.844. The van der Waals surface area contributed by atoms with Gasteiger partial charge in [0.25, 0.3) is 5.56 Å². The summed E-state index contributed by atoms with van der Waals surface area (Å²) in [5, 5.41) is 7.38. The van der Waals surface area contributed by atoms with Gasteiger partial charge in [-0.15, -0.1) is 0 Å². The first-order valence-corrected chi connectivity index (χ1v) is 7.36. The molecule has 0 spiro atoms. The summed E-state index contributed by atoms with van der Waals surface area (Å²) >= 11 is 3.34. The second-order valence-electron chi connectivity index (χ2n) is 5.17. The summed E-state index contributed by atoms with van der Waals surface area (Å²) in [6.07, 6.45) is 1.70. The SMILES string of the molecule is Cn1ncc(NCC2CN3CCN2CC3)c(Br)c1=O. The fraction of sp³-hybridized carbons (Fsp3) is 0.667. The molecule has 0 aromatic carbocycles. The van der Waals surface area contributed by atoms with Gasteiger partial charge in [-0.05, 0) is 15.9 Å². The van der Waals surface area contributed by atoms with Gasteiger partial charge in [0.1, 0.15) is 4.47 Å². The highest BCUT2D eigenvalue weighted by Crippen LogP contribution is 2.19. The molecular weight excluding hydrogens is 310 g/mol. The number of nitrogens with one attached hydrogen (secondary N) is 1. The zero-order chi connectivity index (χ0) is 13.4. The Balaban J connectivity index is 1.67. The van der Waals surface area contributed by atoms with Crippen LogP contribution in [0.3, 0.4) is 0 Å². The number of aryl methyl sites for hydroxylation is 1. The van der Waals surface area contributed by atoms with Crippen LogP contribution in [0.25, 0.3) is 0 Å². The number of nitrogens with zero attached hydrogens (tertiary/aromatic N) is 4. The van der Waals surface area contributed by atoms with Crippen LogP contribution in [0, 0.1) is 0 Å². The van der Waals surface area contributed by atoms with Gasteiger partial charge in [-0.25, -0.2) is 4.68 Å². The van der Waals surface area contributed by atoms with E-state index in [2.05, 4.69) is 36.1 Å². The highest BCUT2D eigenvalue weighted by molar-refractivity contribution is 9.10. The number of aromatic nitrogens is 2. The fourth-order valence-electron chi connectivity index (χ4n) is 2.78. The molecule has 6 nitrogen and oxygen atoms in total. The summed E-state index contributed by atoms with van der Waals surface area (Å²) in [4.78, 5) is 16.8. The second-order valence-corrected chi connectivity index (χ2v) is 5.97. The maximum atomic E-state index is 11.8. The van der Waals surface area contributed by atoms with Gasteiger partial charge in [0.15, 0.2) is 0 Å². The molecule has 0 amide bonds. The summed E-state index contributed by atoms with van der Waals surface area (Å²) < 4.78 is 1.88. The van der Waals surface area contributed by atoms with E-state index in [0.717, 1.165) is 31.9 Å². The van der Waals surface area contributed by atoms with Crippen molar-refractivity contribution < 1.29 is 0 Å². The Kier molecular flexibility index (Phi) is 3.60. The molecule has 1 aromatic rings. The summed E-state index contributed by atoms with van der Waals surface area (Å²) in [7, 11) is 1.65. The van der Waals surface area contributed by atoms with Gasteiger partial charge >= 0.3 is 0 Å². The van der Waals surface area contributed by atoms with Crippen LogP contribution in [0.4, 0.5) is 5.69 Å². The Morgan fingerprint density at radius 2 is 2.16 bits per heavy atom. The molecule has 0 aliphatic carbocycles. The topological polar surface area (TPSA) is 53.4 Å². The molecule has 0 radical (unpaired) electrons. The lowest BCUT2D eigenvalue weighted by molar-refractivity contribution is 0.0189. The van der Waals surface area contributed by atoms with E-state index in [-0.39, 0.29) is 5.56 Å². The maximum absolute atomic E-state index is 11.8. The van der Waals surface area contributed by atoms with E-state index in [1.807, 2.05) is 0 Å². The lowest BCUT2D eigenvalue weighted by atomic mass is 10.1. The number of hydrogen-bond donors (Lipinski definition) is 1. The Morgan fingerprint density at radius 3 is 2.79 bits per heavy atom. The van der Waals surface area contributed by atoms with Gasteiger partial charge in [-0.2, -0.15) is 5.10 Å². The minimum Gasteiger partial charge on any atom is -0.381 e. The Hall–Kier alpha value is -0.920. The number of rotatable bonds is 3. The molecule has 4 rings (SSSR count). The number of piperazine rings is 3. The molecule has 3 aliphatic rings. The van der Waals surface area contributed by atoms with Crippen molar-refractivity contribution in [2.24, 2.45) is 7.05 Å². The van der Waals surface area contributed by atoms with E-state index >= 15 is 0 Å². The number of hydrogen-bond acceptors (Lipinski definition) is 5. The Labute approximate surface area is 120 Å². The van der Waals surface area contributed by atoms with Crippen molar-refractivity contribution in [1.29, 1.82) is 0 Å². The van der Waals surface area contributed by atoms with Crippen molar-refractivity contribution in [3.8, 4) is 0 Å². The van der Waals surface area contributed by atoms with E-state index < -0.39 is 0 Å². The van der Waals surface area contributed by atoms with E-state index in [4.69, 9.17) is 0 Å². The van der Waals surface area contributed by atoms with Gasteiger partial charge in [-0.3, -0.25) is 14.6 Å². The van der Waals surface area contributed by atoms with Crippen molar-refractivity contribution in [2.45, 2.75) is 6.04 Å². The number of halogens is 1. The molecular formula is C12H18BrN5O. The van der Waals surface area contributed by atoms with E-state index in [1.54, 1.807) is 13.2 Å². The zero-order valence-electron chi connectivity index (χ0n) is 11.0. The van der Waals surface area contributed by atoms with Crippen LogP contribution in [0.15, 0.2) is 15.5 Å². The van der Waals surface area contributed by atoms with Crippen LogP contribution in [0.2, 0.25) is 0 Å². The molecule has 0 saturated carbocycles. The molecule has 3 fully saturated rings. The maximum Gasteiger partial charge on any atom is 0.282 e. The zero-order valence-corrected chi connectivity index (χ0v) is 12.6. The van der Waals surface area contributed by atoms with E-state index in [1.165, 1.54) is 17.8 Å². The summed E-state index contributed by atoms with van der Waals surface area (Å²) in [5.41, 5.74) is 0.667. The Morgan fingerprint density at radius 1 is 1.42 bits per heavy atom. The van der Waals surface area contributed by atoms with Crippen LogP contribution >= 0.6 is 15.9 Å². The van der Waals surface area contributed by atoms with Crippen LogP contribution in [0.1, 0.15) is 0 Å². The second kappa shape index (κ2) is 5.22. The monoisotopic (exact) mass is 327 g/mol. The van der Waals surface area contributed by atoms with Crippen LogP contribution in [-0.4, -0.2) is 64.9 Å². The largest absolute Gasteiger partial charge is 0.381 e. The fourth-order valence-corrected chi connectivity index (χ4v) is 3.28. The third-order valence-corrected chi connectivity index (χ3v) is 4.76. The molecule has 2 bridgehead atoms. The van der Waals surface area contributed by atoms with Crippen molar-refractivity contribution in [1.82, 2.24) is 19.6 Å². The lowest BCUT2D eigenvalue weighted by Gasteiger charge is -2.47. The highest BCUT2D eigenvalue weighted by atomic mass is 79.9. The Bertz CT molecular complexity index is 523. The van der Waals surface area contributed by atoms with Gasteiger partial charge in [0, 0.05) is 52.4 Å². The van der Waals surface area contributed by atoms with E-state index in [9.17, 15) is 4.79 Å². The first-order chi connectivity index (χ1) is 9.15. The number of anilines is 1. The van der Waals surface area contributed by atoms with Crippen LogP contribution < -0.4 is 10.9 Å². The van der Waals surface area contributed by atoms with Crippen molar-refractivity contribution in [2.75, 3.05) is 44.6 Å². The smallest absolute Gasteiger partial charge is 0.282 e. The average molecular weight is 328 g/mol. The molecule has 3 aliphatic heterocycles. The van der Waals surface area contributed by atoms with Crippen LogP contribution in [0.5, 0.6) is 0 Å². The van der Waals surface area contributed by atoms with Crippen molar-refractivity contribution in [3.05, 3.63) is 21.0 Å². The average Bonchev–Trinajstić information content (AvgIpc) is 2.45. The van der Waals surface area contributed by atoms with E-state index in [0.29, 0.717) is 10.5 Å². The van der Waals surface area contributed by atoms with Gasteiger partial charge in [-0.1, -0.05) is 0 Å². The number of fused-ring (bicyclic) bond motifs is 3. The molecule has 3 saturated heterocycles. The predicted octanol–water partition coefficient (Wildman–Crippen LogP) is -0.0455. The first kappa shape index (κ1) is 13.1. The van der Waals surface area contributed by atoms with Crippen LogP contribution in [-0.2, 0) is 7.05 Å². The highest BCUT2D eigenvalue weighted by Gasteiger charge is 2.31. The summed E-state index contributed by atoms with van der Waals surface area (Å²) in [5.74, 6) is 0. The minimum atomic E-state index is -0.112. The lowest BCUT2D eigenvalue weighted by Crippen LogP contribution is -2.62. The third kappa shape index (κ3) is 2.54. The third-order valence-electron chi connectivity index (χ3n) is 4.00. The molecule has 1 unspecified atom stereocenters. The van der Waals surface area contributed by atoms with Crippen molar-refractivity contribution in [3.63, 3.8) is 0 Å². The van der Waals surface area contributed by atoms with Gasteiger partial charge < -0.3 is 5.32 Å². The molecule has 7 heteroatoms. The standard InChI is InChI=1S/C12H18BrN5O/c1-16-12(19)11(13)10(7-15-16)14-6-9-8-17-2-4-18(9)5-3-17/h7,9,14H,2-6,8H2,1H3. The normalized spacial score (nSPS) is 29.5. The molecule has 4 heterocycles. The molecule has 1 aromatic heterocycles. The molecule has 1 N–H and O–H groups in total.